The Balaban J connectivity index is 2.19. The predicted octanol–water partition coefficient (Wildman–Crippen LogP) is 1.13. The molecular weight excluding hydrogens is 252 g/mol. The van der Waals surface area contributed by atoms with E-state index in [1.165, 1.54) is 24.3 Å². The van der Waals surface area contributed by atoms with Crippen molar-refractivity contribution >= 4 is 11.7 Å². The van der Waals surface area contributed by atoms with Gasteiger partial charge in [0, 0.05) is 18.7 Å². The monoisotopic (exact) mass is 268 g/mol. The van der Waals surface area contributed by atoms with Crippen molar-refractivity contribution in [3.05, 3.63) is 34.4 Å². The van der Waals surface area contributed by atoms with Gasteiger partial charge in [0.05, 0.1) is 18.1 Å². The number of nitrogens with zero attached hydrogens (tertiary/aromatic N) is 1. The molecule has 0 fully saturated rings. The maximum absolute atomic E-state index is 11.0. The third-order valence-electron chi connectivity index (χ3n) is 2.17. The van der Waals surface area contributed by atoms with E-state index in [0.29, 0.717) is 25.5 Å². The van der Waals surface area contributed by atoms with Crippen LogP contribution in [0.1, 0.15) is 6.92 Å². The van der Waals surface area contributed by atoms with E-state index in [4.69, 9.17) is 9.47 Å². The number of hydrogen-bond acceptors (Lipinski definition) is 6. The zero-order valence-corrected chi connectivity index (χ0v) is 10.6. The number of hydrogen-bond donors (Lipinski definition) is 1. The van der Waals surface area contributed by atoms with Crippen molar-refractivity contribution in [3.63, 3.8) is 0 Å². The van der Waals surface area contributed by atoms with Gasteiger partial charge in [0.2, 0.25) is 0 Å². The summed E-state index contributed by atoms with van der Waals surface area (Å²) in [4.78, 5) is 21.0. The second-order valence-corrected chi connectivity index (χ2v) is 3.58. The van der Waals surface area contributed by atoms with Crippen LogP contribution in [-0.2, 0) is 9.53 Å². The quantitative estimate of drug-likeness (QED) is 0.329. The maximum Gasteiger partial charge on any atom is 0.319 e. The Bertz CT molecular complexity index is 419. The molecule has 0 saturated carbocycles. The molecule has 1 rings (SSSR count). The van der Waals surface area contributed by atoms with Crippen LogP contribution in [-0.4, -0.2) is 37.2 Å². The van der Waals surface area contributed by atoms with Gasteiger partial charge in [-0.05, 0) is 19.1 Å². The van der Waals surface area contributed by atoms with E-state index >= 15 is 0 Å². The zero-order chi connectivity index (χ0) is 14.1. The first-order valence-corrected chi connectivity index (χ1v) is 5.87. The van der Waals surface area contributed by atoms with E-state index in [1.807, 2.05) is 0 Å². The van der Waals surface area contributed by atoms with Crippen LogP contribution in [0.25, 0.3) is 0 Å². The van der Waals surface area contributed by atoms with Crippen molar-refractivity contribution in [1.82, 2.24) is 5.32 Å². The average Bonchev–Trinajstić information content (AvgIpc) is 2.39. The molecule has 104 valence electrons. The Labute approximate surface area is 110 Å². The summed E-state index contributed by atoms with van der Waals surface area (Å²) in [5.41, 5.74) is 0.0211. The van der Waals surface area contributed by atoms with Gasteiger partial charge in [0.25, 0.3) is 5.69 Å². The molecule has 0 radical (unpaired) electrons. The van der Waals surface area contributed by atoms with Crippen LogP contribution in [0.15, 0.2) is 24.3 Å². The molecule has 19 heavy (non-hydrogen) atoms. The number of nitrogens with one attached hydrogen (secondary N) is 1. The lowest BCUT2D eigenvalue weighted by atomic mass is 10.3. The van der Waals surface area contributed by atoms with Crippen LogP contribution in [0, 0.1) is 10.1 Å². The summed E-state index contributed by atoms with van der Waals surface area (Å²) >= 11 is 0. The van der Waals surface area contributed by atoms with Crippen LogP contribution in [0.4, 0.5) is 5.69 Å². The summed E-state index contributed by atoms with van der Waals surface area (Å²) in [7, 11) is 0. The highest BCUT2D eigenvalue weighted by atomic mass is 16.6. The molecule has 0 atom stereocenters. The third kappa shape index (κ3) is 5.82. The number of carbonyl (C=O) groups excluding carboxylic acids is 1. The fourth-order valence-corrected chi connectivity index (χ4v) is 1.31. The molecule has 1 aromatic rings. The normalized spacial score (nSPS) is 9.95. The fraction of sp³-hybridized carbons (Fsp3) is 0.417. The van der Waals surface area contributed by atoms with Gasteiger partial charge in [-0.2, -0.15) is 0 Å². The summed E-state index contributed by atoms with van der Waals surface area (Å²) in [5.74, 6) is 0.237. The van der Waals surface area contributed by atoms with Gasteiger partial charge in [-0.15, -0.1) is 0 Å². The average molecular weight is 268 g/mol. The summed E-state index contributed by atoms with van der Waals surface area (Å²) < 4.78 is 10.1. The van der Waals surface area contributed by atoms with E-state index < -0.39 is 4.92 Å². The fourth-order valence-electron chi connectivity index (χ4n) is 1.31. The lowest BCUT2D eigenvalue weighted by molar-refractivity contribution is -0.384. The number of ether oxygens (including phenoxy) is 2. The minimum atomic E-state index is -0.468. The Morgan fingerprint density at radius 1 is 1.37 bits per heavy atom. The lowest BCUT2D eigenvalue weighted by Crippen LogP contribution is -2.28. The molecule has 0 bridgehead atoms. The molecule has 7 heteroatoms. The van der Waals surface area contributed by atoms with Crippen molar-refractivity contribution in [2.45, 2.75) is 6.92 Å². The van der Waals surface area contributed by atoms with E-state index in [1.54, 1.807) is 6.92 Å². The minimum Gasteiger partial charge on any atom is -0.492 e. The summed E-state index contributed by atoms with van der Waals surface area (Å²) in [6, 6.07) is 5.82. The maximum atomic E-state index is 11.0. The van der Waals surface area contributed by atoms with Crippen LogP contribution < -0.4 is 10.1 Å². The number of nitro groups is 1. The van der Waals surface area contributed by atoms with Crippen molar-refractivity contribution in [2.75, 3.05) is 26.3 Å². The lowest BCUT2D eigenvalue weighted by Gasteiger charge is -2.07. The first-order valence-electron chi connectivity index (χ1n) is 5.87. The van der Waals surface area contributed by atoms with Crippen molar-refractivity contribution in [3.8, 4) is 5.75 Å². The Hall–Kier alpha value is -2.15. The smallest absolute Gasteiger partial charge is 0.319 e. The molecule has 1 aromatic carbocycles. The number of nitro benzene ring substituents is 1. The number of benzene rings is 1. The second-order valence-electron chi connectivity index (χ2n) is 3.58. The van der Waals surface area contributed by atoms with E-state index in [9.17, 15) is 14.9 Å². The standard InChI is InChI=1S/C12H16N2O5/c1-2-18-12(15)9-13-7-8-19-11-5-3-10(4-6-11)14(16)17/h3-6,13H,2,7-9H2,1H3. The molecule has 0 aliphatic rings. The third-order valence-corrected chi connectivity index (χ3v) is 2.17. The van der Waals surface area contributed by atoms with Crippen LogP contribution in [0.5, 0.6) is 5.75 Å². The highest BCUT2D eigenvalue weighted by molar-refractivity contribution is 5.71. The number of carbonyl (C=O) groups is 1. The van der Waals surface area contributed by atoms with E-state index in [2.05, 4.69) is 5.32 Å². The van der Waals surface area contributed by atoms with E-state index in [-0.39, 0.29) is 18.2 Å². The topological polar surface area (TPSA) is 90.7 Å². The Morgan fingerprint density at radius 3 is 2.63 bits per heavy atom. The predicted molar refractivity (Wildman–Crippen MR) is 68.1 cm³/mol. The molecule has 0 heterocycles. The molecule has 0 aromatic heterocycles. The number of rotatable bonds is 8. The van der Waals surface area contributed by atoms with Gasteiger partial charge in [-0.3, -0.25) is 14.9 Å². The van der Waals surface area contributed by atoms with Crippen LogP contribution in [0.2, 0.25) is 0 Å². The first kappa shape index (κ1) is 14.9. The summed E-state index contributed by atoms with van der Waals surface area (Å²) in [5, 5.41) is 13.3. The van der Waals surface area contributed by atoms with Gasteiger partial charge < -0.3 is 14.8 Å². The summed E-state index contributed by atoms with van der Waals surface area (Å²) in [6.45, 7) is 3.08. The van der Waals surface area contributed by atoms with Gasteiger partial charge in [-0.25, -0.2) is 0 Å². The molecular formula is C12H16N2O5. The molecule has 0 unspecified atom stereocenters. The Morgan fingerprint density at radius 2 is 2.05 bits per heavy atom. The van der Waals surface area contributed by atoms with Gasteiger partial charge >= 0.3 is 5.97 Å². The number of esters is 1. The molecule has 0 saturated heterocycles. The van der Waals surface area contributed by atoms with Crippen LogP contribution in [0.3, 0.4) is 0 Å². The number of non-ortho nitro benzene ring substituents is 1. The van der Waals surface area contributed by atoms with Crippen molar-refractivity contribution in [1.29, 1.82) is 0 Å². The van der Waals surface area contributed by atoms with Crippen molar-refractivity contribution < 1.29 is 19.2 Å². The van der Waals surface area contributed by atoms with Gasteiger partial charge in [-0.1, -0.05) is 0 Å². The SMILES string of the molecule is CCOC(=O)CNCCOc1ccc([N+](=O)[O-])cc1. The molecule has 0 aliphatic carbocycles. The van der Waals surface area contributed by atoms with Gasteiger partial charge in [0.15, 0.2) is 0 Å². The highest BCUT2D eigenvalue weighted by Crippen LogP contribution is 2.16. The Kier molecular flexibility index (Phi) is 6.31. The van der Waals surface area contributed by atoms with Crippen molar-refractivity contribution in [2.24, 2.45) is 0 Å². The molecule has 0 aliphatic heterocycles. The zero-order valence-electron chi connectivity index (χ0n) is 10.6. The van der Waals surface area contributed by atoms with E-state index in [0.717, 1.165) is 0 Å². The molecule has 0 amide bonds. The highest BCUT2D eigenvalue weighted by Gasteiger charge is 2.04. The molecule has 0 spiro atoms. The first-order chi connectivity index (χ1) is 9.13. The minimum absolute atomic E-state index is 0.0211. The van der Waals surface area contributed by atoms with Gasteiger partial charge in [0.1, 0.15) is 12.4 Å². The second kappa shape index (κ2) is 8.04. The largest absolute Gasteiger partial charge is 0.492 e. The molecule has 1 N–H and O–H groups in total. The molecule has 7 nitrogen and oxygen atoms in total. The summed E-state index contributed by atoms with van der Waals surface area (Å²) in [6.07, 6.45) is 0. The van der Waals surface area contributed by atoms with Crippen LogP contribution >= 0.6 is 0 Å².